The quantitative estimate of drug-likeness (QED) is 0.747. The zero-order valence-corrected chi connectivity index (χ0v) is 11.1. The molecule has 0 saturated heterocycles. The molecule has 94 valence electrons. The van der Waals surface area contributed by atoms with Crippen LogP contribution in [0.3, 0.4) is 0 Å². The van der Waals surface area contributed by atoms with E-state index in [1.165, 1.54) is 16.7 Å². The maximum atomic E-state index is 6.04. The Bertz CT molecular complexity index is 476. The first kappa shape index (κ1) is 12.8. The SMILES string of the molecule is CCCOC(c1ccccc1)c1ccccc1C. The van der Waals surface area contributed by atoms with Crippen molar-refractivity contribution >= 4 is 0 Å². The minimum absolute atomic E-state index is 0.0485. The maximum absolute atomic E-state index is 6.04. The lowest BCUT2D eigenvalue weighted by molar-refractivity contribution is 0.0802. The molecular formula is C17H20O. The predicted molar refractivity (Wildman–Crippen MR) is 75.7 cm³/mol. The molecular weight excluding hydrogens is 220 g/mol. The van der Waals surface area contributed by atoms with Gasteiger partial charge < -0.3 is 4.74 Å². The second-order valence-corrected chi connectivity index (χ2v) is 4.52. The van der Waals surface area contributed by atoms with Crippen molar-refractivity contribution in [1.82, 2.24) is 0 Å². The highest BCUT2D eigenvalue weighted by atomic mass is 16.5. The third-order valence-corrected chi connectivity index (χ3v) is 3.06. The van der Waals surface area contributed by atoms with Crippen molar-refractivity contribution < 1.29 is 4.74 Å². The summed E-state index contributed by atoms with van der Waals surface area (Å²) in [6, 6.07) is 18.9. The molecule has 0 aliphatic rings. The van der Waals surface area contributed by atoms with E-state index in [0.29, 0.717) is 0 Å². The van der Waals surface area contributed by atoms with Crippen molar-refractivity contribution in [2.75, 3.05) is 6.61 Å². The van der Waals surface area contributed by atoms with Gasteiger partial charge in [-0.05, 0) is 30.0 Å². The molecule has 1 unspecified atom stereocenters. The molecule has 0 saturated carbocycles. The summed E-state index contributed by atoms with van der Waals surface area (Å²) in [6.07, 6.45) is 1.09. The molecule has 0 aromatic heterocycles. The molecule has 0 N–H and O–H groups in total. The van der Waals surface area contributed by atoms with Gasteiger partial charge in [-0.25, -0.2) is 0 Å². The normalized spacial score (nSPS) is 12.3. The minimum atomic E-state index is 0.0485. The van der Waals surface area contributed by atoms with Gasteiger partial charge in [0, 0.05) is 6.61 Å². The molecule has 0 amide bonds. The zero-order valence-electron chi connectivity index (χ0n) is 11.1. The van der Waals surface area contributed by atoms with Crippen LogP contribution in [0, 0.1) is 6.92 Å². The van der Waals surface area contributed by atoms with Crippen LogP contribution in [0.5, 0.6) is 0 Å². The van der Waals surface area contributed by atoms with Crippen molar-refractivity contribution in [2.45, 2.75) is 26.4 Å². The van der Waals surface area contributed by atoms with Gasteiger partial charge in [-0.2, -0.15) is 0 Å². The van der Waals surface area contributed by atoms with Gasteiger partial charge in [-0.1, -0.05) is 61.5 Å². The lowest BCUT2D eigenvalue weighted by atomic mass is 9.97. The van der Waals surface area contributed by atoms with Gasteiger partial charge >= 0.3 is 0 Å². The Morgan fingerprint density at radius 2 is 1.61 bits per heavy atom. The van der Waals surface area contributed by atoms with Crippen LogP contribution in [-0.2, 0) is 4.74 Å². The molecule has 0 heterocycles. The molecule has 2 aromatic rings. The van der Waals surface area contributed by atoms with Gasteiger partial charge in [0.1, 0.15) is 6.10 Å². The second-order valence-electron chi connectivity index (χ2n) is 4.52. The largest absolute Gasteiger partial charge is 0.369 e. The smallest absolute Gasteiger partial charge is 0.108 e. The first-order valence-corrected chi connectivity index (χ1v) is 6.55. The van der Waals surface area contributed by atoms with Crippen LogP contribution < -0.4 is 0 Å². The number of aryl methyl sites for hydroxylation is 1. The number of rotatable bonds is 5. The Balaban J connectivity index is 2.34. The van der Waals surface area contributed by atoms with Crippen molar-refractivity contribution in [3.8, 4) is 0 Å². The van der Waals surface area contributed by atoms with E-state index in [-0.39, 0.29) is 6.10 Å². The Morgan fingerprint density at radius 1 is 0.944 bits per heavy atom. The van der Waals surface area contributed by atoms with E-state index < -0.39 is 0 Å². The Labute approximate surface area is 109 Å². The monoisotopic (exact) mass is 240 g/mol. The molecule has 1 nitrogen and oxygen atoms in total. The molecule has 0 radical (unpaired) electrons. The van der Waals surface area contributed by atoms with E-state index in [4.69, 9.17) is 4.74 Å². The molecule has 0 aliphatic carbocycles. The summed E-state index contributed by atoms with van der Waals surface area (Å²) in [5.74, 6) is 0. The number of hydrogen-bond acceptors (Lipinski definition) is 1. The van der Waals surface area contributed by atoms with Crippen molar-refractivity contribution in [3.63, 3.8) is 0 Å². The summed E-state index contributed by atoms with van der Waals surface area (Å²) in [5, 5.41) is 0. The first-order chi connectivity index (χ1) is 8.83. The summed E-state index contributed by atoms with van der Waals surface area (Å²) in [6.45, 7) is 5.06. The van der Waals surface area contributed by atoms with E-state index in [9.17, 15) is 0 Å². The van der Waals surface area contributed by atoms with Crippen LogP contribution in [0.15, 0.2) is 54.6 Å². The standard InChI is InChI=1S/C17H20O/c1-3-13-18-17(15-10-5-4-6-11-15)16-12-8-7-9-14(16)2/h4-12,17H,3,13H2,1-2H3. The number of ether oxygens (including phenoxy) is 1. The summed E-state index contributed by atoms with van der Waals surface area (Å²) in [7, 11) is 0. The highest BCUT2D eigenvalue weighted by Crippen LogP contribution is 2.28. The fourth-order valence-electron chi connectivity index (χ4n) is 2.11. The van der Waals surface area contributed by atoms with Gasteiger partial charge in [0.25, 0.3) is 0 Å². The van der Waals surface area contributed by atoms with Crippen LogP contribution in [-0.4, -0.2) is 6.61 Å². The van der Waals surface area contributed by atoms with E-state index in [1.54, 1.807) is 0 Å². The summed E-state index contributed by atoms with van der Waals surface area (Å²) >= 11 is 0. The summed E-state index contributed by atoms with van der Waals surface area (Å²) in [5.41, 5.74) is 3.76. The van der Waals surface area contributed by atoms with E-state index >= 15 is 0 Å². The predicted octanol–water partition coefficient (Wildman–Crippen LogP) is 4.51. The van der Waals surface area contributed by atoms with Gasteiger partial charge in [-0.3, -0.25) is 0 Å². The summed E-state index contributed by atoms with van der Waals surface area (Å²) < 4.78 is 6.04. The Morgan fingerprint density at radius 3 is 2.28 bits per heavy atom. The average molecular weight is 240 g/mol. The third kappa shape index (κ3) is 2.99. The molecule has 1 heteroatoms. The number of benzene rings is 2. The summed E-state index contributed by atoms with van der Waals surface area (Å²) in [4.78, 5) is 0. The first-order valence-electron chi connectivity index (χ1n) is 6.55. The van der Waals surface area contributed by atoms with Crippen LogP contribution in [0.2, 0.25) is 0 Å². The van der Waals surface area contributed by atoms with Gasteiger partial charge in [0.15, 0.2) is 0 Å². The van der Waals surface area contributed by atoms with Crippen molar-refractivity contribution in [2.24, 2.45) is 0 Å². The van der Waals surface area contributed by atoms with Gasteiger partial charge in [0.05, 0.1) is 0 Å². The zero-order chi connectivity index (χ0) is 12.8. The molecule has 2 rings (SSSR count). The van der Waals surface area contributed by atoms with Crippen molar-refractivity contribution in [1.29, 1.82) is 0 Å². The fraction of sp³-hybridized carbons (Fsp3) is 0.294. The van der Waals surface area contributed by atoms with Gasteiger partial charge in [-0.15, -0.1) is 0 Å². The Kier molecular flexibility index (Phi) is 4.54. The van der Waals surface area contributed by atoms with Crippen LogP contribution in [0.25, 0.3) is 0 Å². The van der Waals surface area contributed by atoms with Crippen molar-refractivity contribution in [3.05, 3.63) is 71.3 Å². The third-order valence-electron chi connectivity index (χ3n) is 3.06. The fourth-order valence-corrected chi connectivity index (χ4v) is 2.11. The number of hydrogen-bond donors (Lipinski definition) is 0. The van der Waals surface area contributed by atoms with E-state index in [2.05, 4.69) is 62.4 Å². The van der Waals surface area contributed by atoms with Gasteiger partial charge in [0.2, 0.25) is 0 Å². The molecule has 18 heavy (non-hydrogen) atoms. The van der Waals surface area contributed by atoms with Crippen LogP contribution >= 0.6 is 0 Å². The topological polar surface area (TPSA) is 9.23 Å². The average Bonchev–Trinajstić information content (AvgIpc) is 2.42. The Hall–Kier alpha value is -1.60. The molecule has 2 aromatic carbocycles. The highest BCUT2D eigenvalue weighted by molar-refractivity contribution is 5.35. The van der Waals surface area contributed by atoms with E-state index in [1.807, 2.05) is 6.07 Å². The molecule has 0 aliphatic heterocycles. The minimum Gasteiger partial charge on any atom is -0.369 e. The molecule has 0 bridgehead atoms. The highest BCUT2D eigenvalue weighted by Gasteiger charge is 2.15. The molecule has 0 spiro atoms. The molecule has 0 fully saturated rings. The lowest BCUT2D eigenvalue weighted by Crippen LogP contribution is -2.08. The second kappa shape index (κ2) is 6.36. The maximum Gasteiger partial charge on any atom is 0.108 e. The lowest BCUT2D eigenvalue weighted by Gasteiger charge is -2.20. The van der Waals surface area contributed by atoms with Crippen LogP contribution in [0.4, 0.5) is 0 Å². The van der Waals surface area contributed by atoms with E-state index in [0.717, 1.165) is 13.0 Å². The van der Waals surface area contributed by atoms with Crippen LogP contribution in [0.1, 0.15) is 36.1 Å². The molecule has 1 atom stereocenters.